The molecule has 0 heterocycles. The maximum Gasteiger partial charge on any atom is 0.150 e. The molecule has 0 saturated heterocycles. The van der Waals surface area contributed by atoms with Crippen LogP contribution in [0.2, 0.25) is 0 Å². The molecule has 0 spiro atoms. The van der Waals surface area contributed by atoms with Crippen LogP contribution in [0.15, 0.2) is 0 Å². The van der Waals surface area contributed by atoms with Gasteiger partial charge in [0.05, 0.1) is 5.38 Å². The van der Waals surface area contributed by atoms with Crippen molar-refractivity contribution in [3.05, 3.63) is 0 Å². The number of halogens is 1. The van der Waals surface area contributed by atoms with Crippen molar-refractivity contribution in [2.75, 3.05) is 0 Å². The van der Waals surface area contributed by atoms with E-state index in [0.29, 0.717) is 6.42 Å². The molecule has 2 heteroatoms. The lowest BCUT2D eigenvalue weighted by atomic mass is 9.98. The van der Waals surface area contributed by atoms with Gasteiger partial charge in [-0.15, -0.1) is 11.6 Å². The summed E-state index contributed by atoms with van der Waals surface area (Å²) in [6.07, 6.45) is 1.59. The first-order valence-corrected chi connectivity index (χ1v) is 2.41. The SMILES string of the molecule is O=C1CC[C@@H]1Cl. The molecular weight excluding hydrogens is 99.5 g/mol. The van der Waals surface area contributed by atoms with Crippen LogP contribution in [0, 0.1) is 0 Å². The molecule has 1 aliphatic rings. The zero-order chi connectivity index (χ0) is 4.57. The minimum atomic E-state index is -0.134. The van der Waals surface area contributed by atoms with E-state index in [2.05, 4.69) is 0 Å². The second-order valence-corrected chi connectivity index (χ2v) is 2.00. The maximum atomic E-state index is 10.1. The van der Waals surface area contributed by atoms with Gasteiger partial charge >= 0.3 is 0 Å². The van der Waals surface area contributed by atoms with Crippen LogP contribution in [0.25, 0.3) is 0 Å². The Morgan fingerprint density at radius 1 is 1.83 bits per heavy atom. The third-order valence-electron chi connectivity index (χ3n) is 0.994. The molecule has 0 aromatic heterocycles. The van der Waals surface area contributed by atoms with Crippen LogP contribution in [-0.4, -0.2) is 11.2 Å². The first-order chi connectivity index (χ1) is 2.80. The second-order valence-electron chi connectivity index (χ2n) is 1.47. The molecule has 34 valence electrons. The van der Waals surface area contributed by atoms with Crippen LogP contribution in [0.4, 0.5) is 0 Å². The van der Waals surface area contributed by atoms with Gasteiger partial charge in [-0.1, -0.05) is 0 Å². The van der Waals surface area contributed by atoms with Gasteiger partial charge in [0.25, 0.3) is 0 Å². The largest absolute Gasteiger partial charge is 0.298 e. The molecule has 0 radical (unpaired) electrons. The fourth-order valence-corrected chi connectivity index (χ4v) is 0.590. The number of alkyl halides is 1. The van der Waals surface area contributed by atoms with Crippen LogP contribution < -0.4 is 0 Å². The van der Waals surface area contributed by atoms with Crippen molar-refractivity contribution < 1.29 is 4.79 Å². The van der Waals surface area contributed by atoms with Gasteiger partial charge < -0.3 is 0 Å². The Balaban J connectivity index is 2.39. The van der Waals surface area contributed by atoms with E-state index >= 15 is 0 Å². The van der Waals surface area contributed by atoms with Gasteiger partial charge in [0.1, 0.15) is 0 Å². The van der Waals surface area contributed by atoms with Crippen LogP contribution in [0.5, 0.6) is 0 Å². The monoisotopic (exact) mass is 104 g/mol. The quantitative estimate of drug-likeness (QED) is 0.419. The number of hydrogen-bond acceptors (Lipinski definition) is 1. The second kappa shape index (κ2) is 1.23. The molecule has 6 heavy (non-hydrogen) atoms. The summed E-state index contributed by atoms with van der Waals surface area (Å²) < 4.78 is 0. The average molecular weight is 105 g/mol. The van der Waals surface area contributed by atoms with Crippen LogP contribution in [-0.2, 0) is 4.79 Å². The van der Waals surface area contributed by atoms with E-state index in [1.165, 1.54) is 0 Å². The van der Waals surface area contributed by atoms with E-state index in [0.717, 1.165) is 6.42 Å². The fraction of sp³-hybridized carbons (Fsp3) is 0.750. The highest BCUT2D eigenvalue weighted by Crippen LogP contribution is 2.19. The minimum Gasteiger partial charge on any atom is -0.298 e. The zero-order valence-corrected chi connectivity index (χ0v) is 4.03. The lowest BCUT2D eigenvalue weighted by molar-refractivity contribution is -0.123. The summed E-state index contributed by atoms with van der Waals surface area (Å²) in [6.45, 7) is 0. The van der Waals surface area contributed by atoms with E-state index in [4.69, 9.17) is 11.6 Å². The third-order valence-corrected chi connectivity index (χ3v) is 1.46. The standard InChI is InChI=1S/C4H5ClO/c5-3-1-2-4(3)6/h3H,1-2H2/t3-/m0/s1. The van der Waals surface area contributed by atoms with Gasteiger partial charge in [0.2, 0.25) is 0 Å². The Morgan fingerprint density at radius 2 is 2.33 bits per heavy atom. The summed E-state index contributed by atoms with van der Waals surface area (Å²) >= 11 is 5.35. The summed E-state index contributed by atoms with van der Waals surface area (Å²) in [5, 5.41) is -0.134. The Kier molecular flexibility index (Phi) is 0.845. The van der Waals surface area contributed by atoms with Crippen molar-refractivity contribution in [1.82, 2.24) is 0 Å². The molecular formula is C4H5ClO. The number of Topliss-reactive ketones (excluding diaryl/α,β-unsaturated/α-hetero) is 1. The fourth-order valence-electron chi connectivity index (χ4n) is 0.371. The van der Waals surface area contributed by atoms with Crippen molar-refractivity contribution in [3.8, 4) is 0 Å². The number of carbonyl (C=O) groups is 1. The van der Waals surface area contributed by atoms with Crippen LogP contribution >= 0.6 is 11.6 Å². The lowest BCUT2D eigenvalue weighted by Crippen LogP contribution is -2.25. The summed E-state index contributed by atoms with van der Waals surface area (Å²) in [6, 6.07) is 0. The van der Waals surface area contributed by atoms with Gasteiger partial charge in [-0.3, -0.25) is 4.79 Å². The molecule has 0 N–H and O–H groups in total. The molecule has 0 aliphatic heterocycles. The molecule has 0 amide bonds. The molecule has 1 nitrogen and oxygen atoms in total. The number of carbonyl (C=O) groups excluding carboxylic acids is 1. The molecule has 1 atom stereocenters. The first-order valence-electron chi connectivity index (χ1n) is 1.97. The van der Waals surface area contributed by atoms with E-state index in [1.54, 1.807) is 0 Å². The van der Waals surface area contributed by atoms with E-state index in [9.17, 15) is 4.79 Å². The van der Waals surface area contributed by atoms with Gasteiger partial charge in [0, 0.05) is 6.42 Å². The normalized spacial score (nSPS) is 32.8. The van der Waals surface area contributed by atoms with Crippen molar-refractivity contribution in [3.63, 3.8) is 0 Å². The van der Waals surface area contributed by atoms with Gasteiger partial charge in [-0.2, -0.15) is 0 Å². The first kappa shape index (κ1) is 4.13. The molecule has 0 bridgehead atoms. The highest BCUT2D eigenvalue weighted by Gasteiger charge is 2.24. The van der Waals surface area contributed by atoms with Crippen molar-refractivity contribution >= 4 is 17.4 Å². The van der Waals surface area contributed by atoms with E-state index in [1.807, 2.05) is 0 Å². The van der Waals surface area contributed by atoms with Gasteiger partial charge in [-0.25, -0.2) is 0 Å². The predicted octanol–water partition coefficient (Wildman–Crippen LogP) is 0.957. The number of rotatable bonds is 0. The molecule has 0 aromatic carbocycles. The smallest absolute Gasteiger partial charge is 0.150 e. The predicted molar refractivity (Wildman–Crippen MR) is 23.9 cm³/mol. The highest BCUT2D eigenvalue weighted by atomic mass is 35.5. The summed E-state index contributed by atoms with van der Waals surface area (Å²) in [7, 11) is 0. The average Bonchev–Trinajstić information content (AvgIpc) is 1.61. The molecule has 1 saturated carbocycles. The molecule has 1 rings (SSSR count). The maximum absolute atomic E-state index is 10.1. The molecule has 1 aliphatic carbocycles. The third kappa shape index (κ3) is 0.432. The van der Waals surface area contributed by atoms with Crippen molar-refractivity contribution in [2.45, 2.75) is 18.2 Å². The highest BCUT2D eigenvalue weighted by molar-refractivity contribution is 6.33. The van der Waals surface area contributed by atoms with Crippen LogP contribution in [0.1, 0.15) is 12.8 Å². The van der Waals surface area contributed by atoms with E-state index in [-0.39, 0.29) is 11.2 Å². The van der Waals surface area contributed by atoms with Crippen molar-refractivity contribution in [2.24, 2.45) is 0 Å². The molecule has 0 aromatic rings. The Bertz CT molecular complexity index is 79.6. The van der Waals surface area contributed by atoms with Crippen molar-refractivity contribution in [1.29, 1.82) is 0 Å². The minimum absolute atomic E-state index is 0.134. The van der Waals surface area contributed by atoms with Gasteiger partial charge in [0.15, 0.2) is 5.78 Å². The lowest BCUT2D eigenvalue weighted by Gasteiger charge is -2.14. The zero-order valence-electron chi connectivity index (χ0n) is 3.28. The van der Waals surface area contributed by atoms with E-state index < -0.39 is 0 Å². The topological polar surface area (TPSA) is 17.1 Å². The summed E-state index contributed by atoms with van der Waals surface area (Å²) in [5.41, 5.74) is 0. The summed E-state index contributed by atoms with van der Waals surface area (Å²) in [4.78, 5) is 10.1. The summed E-state index contributed by atoms with van der Waals surface area (Å²) in [5.74, 6) is 0.205. The Hall–Kier alpha value is -0.0400. The molecule has 0 unspecified atom stereocenters. The Labute approximate surface area is 41.3 Å². The van der Waals surface area contributed by atoms with Gasteiger partial charge in [-0.05, 0) is 6.42 Å². The molecule has 1 fully saturated rings. The van der Waals surface area contributed by atoms with Crippen LogP contribution in [0.3, 0.4) is 0 Å². The number of hydrogen-bond donors (Lipinski definition) is 0. The Morgan fingerprint density at radius 3 is 2.33 bits per heavy atom. The number of ketones is 1.